The highest BCUT2D eigenvalue weighted by Gasteiger charge is 2.11. The van der Waals surface area contributed by atoms with E-state index in [9.17, 15) is 4.79 Å². The fourth-order valence-electron chi connectivity index (χ4n) is 1.79. The minimum absolute atomic E-state index is 0.00736. The number of hydrogen-bond donors (Lipinski definition) is 2. The van der Waals surface area contributed by atoms with Crippen LogP contribution in [-0.4, -0.2) is 30.5 Å². The van der Waals surface area contributed by atoms with E-state index in [0.717, 1.165) is 36.3 Å². The molecule has 0 aliphatic rings. The van der Waals surface area contributed by atoms with Crippen molar-refractivity contribution in [2.45, 2.75) is 32.4 Å². The third-order valence-corrected chi connectivity index (χ3v) is 4.07. The van der Waals surface area contributed by atoms with E-state index in [2.05, 4.69) is 23.8 Å². The molecule has 0 fully saturated rings. The van der Waals surface area contributed by atoms with Crippen LogP contribution in [0.3, 0.4) is 0 Å². The van der Waals surface area contributed by atoms with Crippen molar-refractivity contribution < 1.29 is 4.79 Å². The quantitative estimate of drug-likeness (QED) is 0.805. The fourth-order valence-corrected chi connectivity index (χ4v) is 2.15. The summed E-state index contributed by atoms with van der Waals surface area (Å²) in [5.74, 6) is 0.00736. The molecule has 1 aromatic carbocycles. The largest absolute Gasteiger partial charge is 0.385 e. The molecule has 0 aliphatic carbocycles. The monoisotopic (exact) mass is 280 g/mol. The number of hydrogen-bond acceptors (Lipinski definition) is 3. The van der Waals surface area contributed by atoms with Gasteiger partial charge in [-0.05, 0) is 38.7 Å². The first-order valence-corrected chi connectivity index (χ1v) is 8.02. The maximum absolute atomic E-state index is 12.2. The van der Waals surface area contributed by atoms with Gasteiger partial charge in [-0.3, -0.25) is 4.79 Å². The number of benzene rings is 1. The van der Waals surface area contributed by atoms with Gasteiger partial charge in [0.25, 0.3) is 5.91 Å². The van der Waals surface area contributed by atoms with E-state index in [1.54, 1.807) is 0 Å². The Labute approximate surface area is 120 Å². The zero-order valence-electron chi connectivity index (χ0n) is 12.2. The minimum atomic E-state index is 0.00736. The molecular formula is C15H24N2OS. The molecular weight excluding hydrogens is 256 g/mol. The molecule has 0 bridgehead atoms. The Morgan fingerprint density at radius 2 is 2.16 bits per heavy atom. The fraction of sp³-hybridized carbons (Fsp3) is 0.533. The number of aryl methyl sites for hydroxylation is 1. The van der Waals surface area contributed by atoms with Gasteiger partial charge in [0, 0.05) is 24.0 Å². The Hall–Kier alpha value is -1.16. The molecule has 1 rings (SSSR count). The molecule has 0 spiro atoms. The van der Waals surface area contributed by atoms with Crippen LogP contribution in [0.5, 0.6) is 0 Å². The number of carbonyl (C=O) groups is 1. The molecule has 0 aliphatic heterocycles. The third kappa shape index (κ3) is 5.15. The molecule has 0 heterocycles. The van der Waals surface area contributed by atoms with E-state index in [4.69, 9.17) is 0 Å². The van der Waals surface area contributed by atoms with Crippen LogP contribution in [0.15, 0.2) is 18.2 Å². The number of thioether (sulfide) groups is 1. The molecule has 0 radical (unpaired) electrons. The van der Waals surface area contributed by atoms with Crippen molar-refractivity contribution >= 4 is 23.4 Å². The Kier molecular flexibility index (Phi) is 6.78. The normalized spacial score (nSPS) is 12.0. The maximum atomic E-state index is 12.2. The summed E-state index contributed by atoms with van der Waals surface area (Å²) in [7, 11) is 0. The molecule has 2 N–H and O–H groups in total. The van der Waals surface area contributed by atoms with E-state index < -0.39 is 0 Å². The van der Waals surface area contributed by atoms with Crippen molar-refractivity contribution in [3.8, 4) is 0 Å². The van der Waals surface area contributed by atoms with E-state index in [1.165, 1.54) is 0 Å². The van der Waals surface area contributed by atoms with Crippen molar-refractivity contribution in [3.05, 3.63) is 29.3 Å². The smallest absolute Gasteiger partial charge is 0.253 e. The van der Waals surface area contributed by atoms with Crippen LogP contribution in [0.2, 0.25) is 0 Å². The third-order valence-electron chi connectivity index (χ3n) is 3.03. The molecule has 1 aromatic rings. The molecule has 0 saturated carbocycles. The van der Waals surface area contributed by atoms with Crippen molar-refractivity contribution in [1.82, 2.24) is 5.32 Å². The Morgan fingerprint density at radius 3 is 2.79 bits per heavy atom. The van der Waals surface area contributed by atoms with Crippen molar-refractivity contribution in [2.24, 2.45) is 0 Å². The summed E-state index contributed by atoms with van der Waals surface area (Å²) in [6.45, 7) is 7.74. The predicted molar refractivity (Wildman–Crippen MR) is 85.3 cm³/mol. The highest BCUT2D eigenvalue weighted by Crippen LogP contribution is 2.17. The molecule has 19 heavy (non-hydrogen) atoms. The minimum Gasteiger partial charge on any atom is -0.385 e. The van der Waals surface area contributed by atoms with Gasteiger partial charge in [-0.25, -0.2) is 0 Å². The van der Waals surface area contributed by atoms with Gasteiger partial charge in [-0.2, -0.15) is 11.8 Å². The summed E-state index contributed by atoms with van der Waals surface area (Å²) < 4.78 is 0. The van der Waals surface area contributed by atoms with Gasteiger partial charge in [0.1, 0.15) is 0 Å². The van der Waals surface area contributed by atoms with Crippen LogP contribution in [0.25, 0.3) is 0 Å². The molecule has 1 amide bonds. The molecule has 1 unspecified atom stereocenters. The number of nitrogens with one attached hydrogen (secondary N) is 2. The molecule has 106 valence electrons. The van der Waals surface area contributed by atoms with Crippen molar-refractivity contribution in [3.63, 3.8) is 0 Å². The average molecular weight is 280 g/mol. The maximum Gasteiger partial charge on any atom is 0.253 e. The summed E-state index contributed by atoms with van der Waals surface area (Å²) in [4.78, 5) is 12.2. The lowest BCUT2D eigenvalue weighted by Crippen LogP contribution is -2.27. The number of anilines is 1. The van der Waals surface area contributed by atoms with E-state index in [-0.39, 0.29) is 5.91 Å². The Bertz CT molecular complexity index is 421. The lowest BCUT2D eigenvalue weighted by Gasteiger charge is -2.13. The zero-order valence-corrected chi connectivity index (χ0v) is 13.1. The summed E-state index contributed by atoms with van der Waals surface area (Å²) in [6, 6.07) is 5.92. The Morgan fingerprint density at radius 1 is 1.42 bits per heavy atom. The van der Waals surface area contributed by atoms with Crippen LogP contribution in [0.4, 0.5) is 5.69 Å². The van der Waals surface area contributed by atoms with Gasteiger partial charge in [0.2, 0.25) is 0 Å². The highest BCUT2D eigenvalue weighted by atomic mass is 32.2. The molecule has 0 aromatic heterocycles. The molecule has 4 heteroatoms. The molecule has 1 atom stereocenters. The summed E-state index contributed by atoms with van der Waals surface area (Å²) in [5, 5.41) is 6.80. The lowest BCUT2D eigenvalue weighted by atomic mass is 10.1. The first kappa shape index (κ1) is 15.9. The second kappa shape index (κ2) is 8.10. The SMILES string of the molecule is CCNc1ccc(C)cc1C(=O)NCCC(C)SC. The van der Waals surface area contributed by atoms with Crippen molar-refractivity contribution in [2.75, 3.05) is 24.7 Å². The summed E-state index contributed by atoms with van der Waals surface area (Å²) in [5.41, 5.74) is 2.74. The number of amides is 1. The zero-order chi connectivity index (χ0) is 14.3. The first-order chi connectivity index (χ1) is 9.08. The van der Waals surface area contributed by atoms with Gasteiger partial charge in [0.15, 0.2) is 0 Å². The van der Waals surface area contributed by atoms with E-state index in [0.29, 0.717) is 5.25 Å². The second-order valence-corrected chi connectivity index (χ2v) is 5.95. The van der Waals surface area contributed by atoms with Gasteiger partial charge in [-0.1, -0.05) is 18.6 Å². The molecule has 3 nitrogen and oxygen atoms in total. The van der Waals surface area contributed by atoms with Crippen molar-refractivity contribution in [1.29, 1.82) is 0 Å². The number of carbonyl (C=O) groups excluding carboxylic acids is 1. The van der Waals surface area contributed by atoms with Gasteiger partial charge in [0.05, 0.1) is 5.56 Å². The van der Waals surface area contributed by atoms with Crippen LogP contribution < -0.4 is 10.6 Å². The summed E-state index contributed by atoms with van der Waals surface area (Å²) >= 11 is 1.82. The van der Waals surface area contributed by atoms with Crippen LogP contribution in [-0.2, 0) is 0 Å². The average Bonchev–Trinajstić information content (AvgIpc) is 2.40. The van der Waals surface area contributed by atoms with Gasteiger partial charge >= 0.3 is 0 Å². The van der Waals surface area contributed by atoms with Crippen LogP contribution in [0.1, 0.15) is 36.2 Å². The van der Waals surface area contributed by atoms with E-state index in [1.807, 2.05) is 43.8 Å². The van der Waals surface area contributed by atoms with Gasteiger partial charge < -0.3 is 10.6 Å². The van der Waals surface area contributed by atoms with Crippen LogP contribution >= 0.6 is 11.8 Å². The predicted octanol–water partition coefficient (Wildman–Crippen LogP) is 3.30. The Balaban J connectivity index is 2.67. The lowest BCUT2D eigenvalue weighted by molar-refractivity contribution is 0.0954. The first-order valence-electron chi connectivity index (χ1n) is 6.74. The number of rotatable bonds is 7. The topological polar surface area (TPSA) is 41.1 Å². The van der Waals surface area contributed by atoms with Gasteiger partial charge in [-0.15, -0.1) is 0 Å². The standard InChI is InChI=1S/C15H24N2OS/c1-5-16-14-7-6-11(2)10-13(14)15(18)17-9-8-12(3)19-4/h6-7,10,12,16H,5,8-9H2,1-4H3,(H,17,18). The molecule has 0 saturated heterocycles. The van der Waals surface area contributed by atoms with Crippen LogP contribution in [0, 0.1) is 6.92 Å². The highest BCUT2D eigenvalue weighted by molar-refractivity contribution is 7.99. The second-order valence-electron chi connectivity index (χ2n) is 4.67. The van der Waals surface area contributed by atoms with E-state index >= 15 is 0 Å². The summed E-state index contributed by atoms with van der Waals surface area (Å²) in [6.07, 6.45) is 3.09.